The van der Waals surface area contributed by atoms with Gasteiger partial charge in [-0.05, 0) is 26.1 Å². The van der Waals surface area contributed by atoms with Gasteiger partial charge >= 0.3 is 0 Å². The number of nitrogens with zero attached hydrogens (tertiary/aromatic N) is 1. The number of rotatable bonds is 5. The number of nitrogens with two attached hydrogens (primary N) is 1. The molecule has 1 atom stereocenters. The highest BCUT2D eigenvalue weighted by Crippen LogP contribution is 2.27. The number of hydrogen-bond donors (Lipinski definition) is 1. The first-order valence-electron chi connectivity index (χ1n) is 6.41. The highest BCUT2D eigenvalue weighted by atomic mass is 35.5. The van der Waals surface area contributed by atoms with Gasteiger partial charge in [0.25, 0.3) is 0 Å². The number of likely N-dealkylation sites (N-methyl/N-ethyl adjacent to an activating group) is 1. The van der Waals surface area contributed by atoms with E-state index in [1.54, 1.807) is 18.4 Å². The number of hydrogen-bond acceptors (Lipinski definition) is 3. The summed E-state index contributed by atoms with van der Waals surface area (Å²) in [5.74, 6) is 0.458. The Kier molecular flexibility index (Phi) is 4.81. The fourth-order valence-electron chi connectivity index (χ4n) is 2.28. The summed E-state index contributed by atoms with van der Waals surface area (Å²) in [6.45, 7) is 2.85. The van der Waals surface area contributed by atoms with E-state index in [0.29, 0.717) is 18.7 Å². The van der Waals surface area contributed by atoms with Crippen LogP contribution in [-0.2, 0) is 6.54 Å². The Morgan fingerprint density at radius 3 is 2.75 bits per heavy atom. The van der Waals surface area contributed by atoms with Crippen LogP contribution < -0.4 is 5.73 Å². The van der Waals surface area contributed by atoms with Crippen LogP contribution >= 0.6 is 11.6 Å². The van der Waals surface area contributed by atoms with Crippen molar-refractivity contribution >= 4 is 11.6 Å². The molecule has 0 amide bonds. The van der Waals surface area contributed by atoms with Crippen molar-refractivity contribution in [1.29, 1.82) is 0 Å². The van der Waals surface area contributed by atoms with E-state index in [1.165, 1.54) is 6.07 Å². The maximum Gasteiger partial charge on any atom is 0.146 e. The highest BCUT2D eigenvalue weighted by Gasteiger charge is 2.21. The summed E-state index contributed by atoms with van der Waals surface area (Å²) in [6.07, 6.45) is 1.65. The van der Waals surface area contributed by atoms with Crippen molar-refractivity contribution in [2.75, 3.05) is 13.6 Å². The second-order valence-electron chi connectivity index (χ2n) is 4.81. The van der Waals surface area contributed by atoms with Gasteiger partial charge in [0, 0.05) is 24.2 Å². The smallest absolute Gasteiger partial charge is 0.146 e. The van der Waals surface area contributed by atoms with Gasteiger partial charge < -0.3 is 10.2 Å². The van der Waals surface area contributed by atoms with E-state index in [0.717, 1.165) is 11.3 Å². The largest absolute Gasteiger partial charge is 0.469 e. The number of benzene rings is 1. The van der Waals surface area contributed by atoms with Crippen LogP contribution in [0.4, 0.5) is 4.39 Å². The zero-order chi connectivity index (χ0) is 14.7. The maximum atomic E-state index is 14.1. The molecule has 1 aromatic carbocycles. The summed E-state index contributed by atoms with van der Waals surface area (Å²) in [5.41, 5.74) is 7.40. The Morgan fingerprint density at radius 2 is 2.15 bits per heavy atom. The molecule has 1 unspecified atom stereocenters. The third-order valence-electron chi connectivity index (χ3n) is 3.48. The normalized spacial score (nSPS) is 12.9. The molecular formula is C15H18ClFN2O. The second kappa shape index (κ2) is 6.39. The van der Waals surface area contributed by atoms with Gasteiger partial charge in [-0.2, -0.15) is 0 Å². The molecule has 3 nitrogen and oxygen atoms in total. The number of furan rings is 1. The summed E-state index contributed by atoms with van der Waals surface area (Å²) in [7, 11) is 1.91. The van der Waals surface area contributed by atoms with E-state index in [2.05, 4.69) is 0 Å². The molecule has 0 bridgehead atoms. The Labute approximate surface area is 123 Å². The molecule has 0 fully saturated rings. The lowest BCUT2D eigenvalue weighted by molar-refractivity contribution is 0.235. The fourth-order valence-corrected chi connectivity index (χ4v) is 2.46. The average Bonchev–Trinajstić information content (AvgIpc) is 2.81. The van der Waals surface area contributed by atoms with Crippen LogP contribution in [0.5, 0.6) is 0 Å². The van der Waals surface area contributed by atoms with Crippen molar-refractivity contribution in [1.82, 2.24) is 4.90 Å². The van der Waals surface area contributed by atoms with Crippen LogP contribution in [0.15, 0.2) is 34.9 Å². The molecule has 2 rings (SSSR count). The van der Waals surface area contributed by atoms with Gasteiger partial charge in [0.1, 0.15) is 11.6 Å². The molecule has 0 spiro atoms. The van der Waals surface area contributed by atoms with Crippen molar-refractivity contribution in [3.8, 4) is 0 Å². The Hall–Kier alpha value is -1.36. The summed E-state index contributed by atoms with van der Waals surface area (Å²) >= 11 is 5.84. The Bertz CT molecular complexity index is 585. The molecule has 0 saturated heterocycles. The van der Waals surface area contributed by atoms with Crippen molar-refractivity contribution in [2.24, 2.45) is 5.73 Å². The summed E-state index contributed by atoms with van der Waals surface area (Å²) in [6, 6.07) is 6.67. The van der Waals surface area contributed by atoms with Gasteiger partial charge in [-0.25, -0.2) is 4.39 Å². The number of aryl methyl sites for hydroxylation is 1. The van der Waals surface area contributed by atoms with E-state index in [9.17, 15) is 4.39 Å². The molecular weight excluding hydrogens is 279 g/mol. The maximum absolute atomic E-state index is 14.1. The molecule has 2 aromatic rings. The van der Waals surface area contributed by atoms with Gasteiger partial charge in [-0.3, -0.25) is 4.90 Å². The van der Waals surface area contributed by atoms with Crippen molar-refractivity contribution in [3.63, 3.8) is 0 Å². The van der Waals surface area contributed by atoms with E-state index < -0.39 is 5.82 Å². The highest BCUT2D eigenvalue weighted by molar-refractivity contribution is 6.30. The molecule has 108 valence electrons. The SMILES string of the molecule is Cc1occc1CN(C)C(CN)c1cccc(Cl)c1F. The van der Waals surface area contributed by atoms with E-state index in [1.807, 2.05) is 24.9 Å². The minimum atomic E-state index is -0.402. The molecule has 1 aromatic heterocycles. The van der Waals surface area contributed by atoms with Crippen LogP contribution in [0.2, 0.25) is 5.02 Å². The summed E-state index contributed by atoms with van der Waals surface area (Å²) in [5, 5.41) is 0.119. The monoisotopic (exact) mass is 296 g/mol. The van der Waals surface area contributed by atoms with Gasteiger partial charge in [0.05, 0.1) is 17.3 Å². The standard InChI is InChI=1S/C15H18ClFN2O/c1-10-11(6-7-20-10)9-19(2)14(8-18)12-4-3-5-13(16)15(12)17/h3-7,14H,8-9,18H2,1-2H3. The minimum Gasteiger partial charge on any atom is -0.469 e. The van der Waals surface area contributed by atoms with Crippen molar-refractivity contribution < 1.29 is 8.81 Å². The van der Waals surface area contributed by atoms with Gasteiger partial charge in [-0.1, -0.05) is 23.7 Å². The topological polar surface area (TPSA) is 42.4 Å². The van der Waals surface area contributed by atoms with Crippen molar-refractivity contribution in [3.05, 3.63) is 58.3 Å². The molecule has 0 aliphatic carbocycles. The van der Waals surface area contributed by atoms with Gasteiger partial charge in [0.15, 0.2) is 0 Å². The van der Waals surface area contributed by atoms with Crippen LogP contribution in [0.25, 0.3) is 0 Å². The van der Waals surface area contributed by atoms with E-state index >= 15 is 0 Å². The Balaban J connectivity index is 2.23. The van der Waals surface area contributed by atoms with E-state index in [4.69, 9.17) is 21.8 Å². The predicted octanol–water partition coefficient (Wildman–Crippen LogP) is 3.51. The molecule has 5 heteroatoms. The molecule has 0 aliphatic rings. The summed E-state index contributed by atoms with van der Waals surface area (Å²) in [4.78, 5) is 1.99. The summed E-state index contributed by atoms with van der Waals surface area (Å²) < 4.78 is 19.4. The van der Waals surface area contributed by atoms with E-state index in [-0.39, 0.29) is 11.1 Å². The average molecular weight is 297 g/mol. The zero-order valence-electron chi connectivity index (χ0n) is 11.6. The minimum absolute atomic E-state index is 0.119. The third-order valence-corrected chi connectivity index (χ3v) is 3.77. The van der Waals surface area contributed by atoms with Crippen LogP contribution in [0.1, 0.15) is 22.9 Å². The van der Waals surface area contributed by atoms with Crippen LogP contribution in [0.3, 0.4) is 0 Å². The number of halogens is 2. The zero-order valence-corrected chi connectivity index (χ0v) is 12.3. The third kappa shape index (κ3) is 3.03. The molecule has 0 saturated carbocycles. The first-order chi connectivity index (χ1) is 9.54. The van der Waals surface area contributed by atoms with Crippen LogP contribution in [-0.4, -0.2) is 18.5 Å². The lowest BCUT2D eigenvalue weighted by atomic mass is 10.0. The first kappa shape index (κ1) is 15.0. The molecule has 0 aliphatic heterocycles. The fraction of sp³-hybridized carbons (Fsp3) is 0.333. The van der Waals surface area contributed by atoms with Crippen molar-refractivity contribution in [2.45, 2.75) is 19.5 Å². The molecule has 0 radical (unpaired) electrons. The van der Waals surface area contributed by atoms with Gasteiger partial charge in [0.2, 0.25) is 0 Å². The molecule has 1 heterocycles. The Morgan fingerprint density at radius 1 is 1.40 bits per heavy atom. The molecule has 20 heavy (non-hydrogen) atoms. The lowest BCUT2D eigenvalue weighted by Crippen LogP contribution is -2.31. The first-order valence-corrected chi connectivity index (χ1v) is 6.79. The quantitative estimate of drug-likeness (QED) is 0.918. The second-order valence-corrected chi connectivity index (χ2v) is 5.22. The van der Waals surface area contributed by atoms with Crippen LogP contribution in [0, 0.1) is 12.7 Å². The molecule has 2 N–H and O–H groups in total. The lowest BCUT2D eigenvalue weighted by Gasteiger charge is -2.27. The van der Waals surface area contributed by atoms with Gasteiger partial charge in [-0.15, -0.1) is 0 Å². The predicted molar refractivity (Wildman–Crippen MR) is 78.1 cm³/mol.